The predicted octanol–water partition coefficient (Wildman–Crippen LogP) is 4.72. The number of imidazole rings is 1. The molecule has 0 unspecified atom stereocenters. The van der Waals surface area contributed by atoms with Crippen LogP contribution in [0.3, 0.4) is 0 Å². The van der Waals surface area contributed by atoms with Gasteiger partial charge in [-0.05, 0) is 48.4 Å². The van der Waals surface area contributed by atoms with Crippen LogP contribution in [0, 0.1) is 0 Å². The molecule has 1 aliphatic heterocycles. The molecule has 0 aliphatic carbocycles. The first-order valence-corrected chi connectivity index (χ1v) is 11.6. The predicted molar refractivity (Wildman–Crippen MR) is 132 cm³/mol. The van der Waals surface area contributed by atoms with E-state index in [1.54, 1.807) is 42.9 Å². The molecule has 0 saturated carbocycles. The van der Waals surface area contributed by atoms with Gasteiger partial charge in [0.2, 0.25) is 0 Å². The Bertz CT molecular complexity index is 1220. The first-order valence-electron chi connectivity index (χ1n) is 10.8. The molecular weight excluding hydrogens is 498 g/mol. The van der Waals surface area contributed by atoms with E-state index in [2.05, 4.69) is 27.5 Å². The first kappa shape index (κ1) is 23.5. The fourth-order valence-corrected chi connectivity index (χ4v) is 4.41. The van der Waals surface area contributed by atoms with E-state index in [9.17, 15) is 14.7 Å². The highest BCUT2D eigenvalue weighted by molar-refractivity contribution is 9.10. The number of halogens is 1. The van der Waals surface area contributed by atoms with E-state index in [1.807, 2.05) is 35.0 Å². The molecule has 2 heterocycles. The molecule has 1 saturated heterocycles. The third kappa shape index (κ3) is 4.97. The van der Waals surface area contributed by atoms with Gasteiger partial charge < -0.3 is 19.3 Å². The van der Waals surface area contributed by atoms with Gasteiger partial charge >= 0.3 is 0 Å². The van der Waals surface area contributed by atoms with Crippen LogP contribution in [0.25, 0.3) is 5.76 Å². The smallest absolute Gasteiger partial charge is 0.295 e. The van der Waals surface area contributed by atoms with Crippen LogP contribution < -0.4 is 4.74 Å². The van der Waals surface area contributed by atoms with Crippen LogP contribution >= 0.6 is 15.9 Å². The number of carbonyl (C=O) groups excluding carboxylic acids is 2. The number of ketones is 1. The Balaban J connectivity index is 1.69. The van der Waals surface area contributed by atoms with Crippen molar-refractivity contribution in [2.24, 2.45) is 0 Å². The second-order valence-corrected chi connectivity index (χ2v) is 8.74. The van der Waals surface area contributed by atoms with E-state index in [0.717, 1.165) is 10.0 Å². The van der Waals surface area contributed by atoms with Gasteiger partial charge in [-0.1, -0.05) is 40.7 Å². The van der Waals surface area contributed by atoms with Crippen molar-refractivity contribution in [2.45, 2.75) is 19.0 Å². The van der Waals surface area contributed by atoms with Gasteiger partial charge in [0.1, 0.15) is 18.1 Å². The third-order valence-electron chi connectivity index (χ3n) is 5.57. The molecule has 34 heavy (non-hydrogen) atoms. The lowest BCUT2D eigenvalue weighted by atomic mass is 9.95. The monoisotopic (exact) mass is 521 g/mol. The van der Waals surface area contributed by atoms with Gasteiger partial charge in [0.15, 0.2) is 0 Å². The molecule has 0 radical (unpaired) electrons. The number of aliphatic hydroxyl groups is 1. The van der Waals surface area contributed by atoms with E-state index >= 15 is 0 Å². The average Bonchev–Trinajstić information content (AvgIpc) is 3.45. The van der Waals surface area contributed by atoms with Gasteiger partial charge in [-0.25, -0.2) is 4.98 Å². The topological polar surface area (TPSA) is 84.7 Å². The van der Waals surface area contributed by atoms with Crippen LogP contribution in [0.4, 0.5) is 0 Å². The lowest BCUT2D eigenvalue weighted by Gasteiger charge is -2.25. The number of aliphatic hydroxyl groups excluding tert-OH is 1. The SMILES string of the molecule is C=CCOc1ccc(/C(O)=C2\C(=O)C(=O)N(CCCn3ccnc3)[C@H]2c2cccc(Br)c2)cc1. The second kappa shape index (κ2) is 10.5. The van der Waals surface area contributed by atoms with Gasteiger partial charge in [0.25, 0.3) is 11.7 Å². The number of carbonyl (C=O) groups is 2. The number of Topliss-reactive ketones (excluding diaryl/α,β-unsaturated/α-hetero) is 1. The summed E-state index contributed by atoms with van der Waals surface area (Å²) in [6, 6.07) is 13.5. The Hall–Kier alpha value is -3.65. The zero-order chi connectivity index (χ0) is 24.1. The summed E-state index contributed by atoms with van der Waals surface area (Å²) in [4.78, 5) is 31.8. The van der Waals surface area contributed by atoms with E-state index < -0.39 is 17.7 Å². The van der Waals surface area contributed by atoms with Crippen LogP contribution in [0.15, 0.2) is 90.0 Å². The number of rotatable bonds is 9. The van der Waals surface area contributed by atoms with Gasteiger partial charge in [-0.3, -0.25) is 9.59 Å². The Kier molecular flexibility index (Phi) is 7.27. The minimum Gasteiger partial charge on any atom is -0.507 e. The molecule has 0 bridgehead atoms. The Morgan fingerprint density at radius 3 is 2.65 bits per heavy atom. The summed E-state index contributed by atoms with van der Waals surface area (Å²) in [7, 11) is 0. The van der Waals surface area contributed by atoms with Crippen LogP contribution in [0.5, 0.6) is 5.75 Å². The second-order valence-electron chi connectivity index (χ2n) is 7.83. The molecule has 174 valence electrons. The fourth-order valence-electron chi connectivity index (χ4n) is 4.00. The zero-order valence-electron chi connectivity index (χ0n) is 18.4. The van der Waals surface area contributed by atoms with E-state index in [0.29, 0.717) is 37.4 Å². The molecule has 1 fully saturated rings. The standard InChI is InChI=1S/C26H24BrN3O4/c1-2-15-34-21-9-7-18(8-10-21)24(31)22-23(19-5-3-6-20(27)16-19)30(26(33)25(22)32)13-4-12-29-14-11-28-17-29/h2-3,5-11,14,16-17,23,31H,1,4,12-13,15H2/b24-22+/t23-/m0/s1. The largest absolute Gasteiger partial charge is 0.507 e. The maximum Gasteiger partial charge on any atom is 0.295 e. The maximum atomic E-state index is 13.1. The highest BCUT2D eigenvalue weighted by Crippen LogP contribution is 2.40. The molecule has 1 aromatic heterocycles. The van der Waals surface area contributed by atoms with Gasteiger partial charge in [-0.15, -0.1) is 0 Å². The van der Waals surface area contributed by atoms with E-state index in [-0.39, 0.29) is 11.3 Å². The van der Waals surface area contributed by atoms with Crippen molar-refractivity contribution in [1.82, 2.24) is 14.5 Å². The molecular formula is C26H24BrN3O4. The quantitative estimate of drug-likeness (QED) is 0.190. The van der Waals surface area contributed by atoms with Crippen molar-refractivity contribution >= 4 is 33.4 Å². The number of amides is 1. The molecule has 2 aromatic carbocycles. The minimum atomic E-state index is -0.697. The third-order valence-corrected chi connectivity index (χ3v) is 6.07. The fraction of sp³-hybridized carbons (Fsp3) is 0.192. The van der Waals surface area contributed by atoms with Crippen molar-refractivity contribution in [2.75, 3.05) is 13.2 Å². The van der Waals surface area contributed by atoms with Crippen LogP contribution in [0.1, 0.15) is 23.6 Å². The lowest BCUT2D eigenvalue weighted by molar-refractivity contribution is -0.139. The molecule has 1 atom stereocenters. The summed E-state index contributed by atoms with van der Waals surface area (Å²) >= 11 is 3.47. The Labute approximate surface area is 206 Å². The summed E-state index contributed by atoms with van der Waals surface area (Å²) in [6.45, 7) is 4.99. The summed E-state index contributed by atoms with van der Waals surface area (Å²) < 4.78 is 8.23. The molecule has 3 aromatic rings. The number of aromatic nitrogens is 2. The van der Waals surface area contributed by atoms with Crippen LogP contribution in [-0.2, 0) is 16.1 Å². The van der Waals surface area contributed by atoms with Gasteiger partial charge in [-0.2, -0.15) is 0 Å². The number of benzene rings is 2. The molecule has 0 spiro atoms. The normalized spacial score (nSPS) is 17.2. The maximum absolute atomic E-state index is 13.1. The first-order chi connectivity index (χ1) is 16.5. The molecule has 1 amide bonds. The summed E-state index contributed by atoms with van der Waals surface area (Å²) in [5, 5.41) is 11.2. The van der Waals surface area contributed by atoms with Crippen LogP contribution in [0.2, 0.25) is 0 Å². The number of hydrogen-bond donors (Lipinski definition) is 1. The number of hydrogen-bond acceptors (Lipinski definition) is 5. The summed E-state index contributed by atoms with van der Waals surface area (Å²) in [5.41, 5.74) is 1.25. The number of aryl methyl sites for hydroxylation is 1. The summed E-state index contributed by atoms with van der Waals surface area (Å²) in [6.07, 6.45) is 7.52. The van der Waals surface area contributed by atoms with Crippen molar-refractivity contribution in [3.63, 3.8) is 0 Å². The Morgan fingerprint density at radius 2 is 1.97 bits per heavy atom. The van der Waals surface area contributed by atoms with Crippen molar-refractivity contribution in [3.8, 4) is 5.75 Å². The van der Waals surface area contributed by atoms with Crippen molar-refractivity contribution < 1.29 is 19.4 Å². The Morgan fingerprint density at radius 1 is 1.18 bits per heavy atom. The average molecular weight is 522 g/mol. The van der Waals surface area contributed by atoms with E-state index in [1.165, 1.54) is 4.90 Å². The number of likely N-dealkylation sites (tertiary alicyclic amines) is 1. The van der Waals surface area contributed by atoms with Crippen molar-refractivity contribution in [3.05, 3.63) is 101 Å². The molecule has 1 aliphatic rings. The zero-order valence-corrected chi connectivity index (χ0v) is 20.0. The molecule has 1 N–H and O–H groups in total. The summed E-state index contributed by atoms with van der Waals surface area (Å²) in [5.74, 6) is -0.921. The lowest BCUT2D eigenvalue weighted by Crippen LogP contribution is -2.31. The number of ether oxygens (including phenoxy) is 1. The van der Waals surface area contributed by atoms with Gasteiger partial charge in [0.05, 0.1) is 17.9 Å². The minimum absolute atomic E-state index is 0.0745. The van der Waals surface area contributed by atoms with E-state index in [4.69, 9.17) is 4.74 Å². The van der Waals surface area contributed by atoms with Gasteiger partial charge in [0, 0.05) is 35.5 Å². The van der Waals surface area contributed by atoms with Crippen molar-refractivity contribution in [1.29, 1.82) is 0 Å². The van der Waals surface area contributed by atoms with Crippen LogP contribution in [-0.4, -0.2) is 44.4 Å². The highest BCUT2D eigenvalue weighted by Gasteiger charge is 2.45. The molecule has 8 heteroatoms. The number of nitrogens with zero attached hydrogens (tertiary/aromatic N) is 3. The molecule has 4 rings (SSSR count). The highest BCUT2D eigenvalue weighted by atomic mass is 79.9. The molecule has 7 nitrogen and oxygen atoms in total.